The number of rotatable bonds is 3. The third-order valence-corrected chi connectivity index (χ3v) is 3.51. The van der Waals surface area contributed by atoms with Gasteiger partial charge in [0, 0.05) is 11.6 Å². The van der Waals surface area contributed by atoms with E-state index < -0.39 is 0 Å². The summed E-state index contributed by atoms with van der Waals surface area (Å²) in [4.78, 5) is 4.43. The summed E-state index contributed by atoms with van der Waals surface area (Å²) in [5.41, 5.74) is 7.65. The first-order valence-electron chi connectivity index (χ1n) is 6.43. The van der Waals surface area contributed by atoms with Crippen LogP contribution < -0.4 is 10.5 Å². The van der Waals surface area contributed by atoms with Crippen LogP contribution >= 0.6 is 11.6 Å². The molecule has 0 aliphatic carbocycles. The number of benzene rings is 2. The lowest BCUT2D eigenvalue weighted by Gasteiger charge is -2.08. The average molecular weight is 317 g/mol. The number of nitrogens with zero attached hydrogens (tertiary/aromatic N) is 2. The third-order valence-electron chi connectivity index (χ3n) is 3.18. The quantitative estimate of drug-likeness (QED) is 0.645. The SMILES string of the molecule is COc1cc(N)c(Cl)cc1-c1nc(-c2ccc(O)cc2)n[nH]1. The molecule has 0 bridgehead atoms. The number of H-pyrrole nitrogens is 1. The minimum Gasteiger partial charge on any atom is -0.508 e. The number of hydrogen-bond donors (Lipinski definition) is 3. The average Bonchev–Trinajstić information content (AvgIpc) is 3.00. The Morgan fingerprint density at radius 3 is 2.64 bits per heavy atom. The van der Waals surface area contributed by atoms with E-state index >= 15 is 0 Å². The molecule has 3 rings (SSSR count). The summed E-state index contributed by atoms with van der Waals surface area (Å²) in [6.45, 7) is 0. The van der Waals surface area contributed by atoms with Crippen molar-refractivity contribution in [3.63, 3.8) is 0 Å². The number of aromatic hydroxyl groups is 1. The van der Waals surface area contributed by atoms with Gasteiger partial charge in [0.2, 0.25) is 0 Å². The second-order valence-electron chi connectivity index (χ2n) is 4.63. The second kappa shape index (κ2) is 5.57. The van der Waals surface area contributed by atoms with Crippen LogP contribution in [-0.2, 0) is 0 Å². The molecule has 0 radical (unpaired) electrons. The van der Waals surface area contributed by atoms with Crippen LogP contribution in [0.25, 0.3) is 22.8 Å². The number of hydrogen-bond acceptors (Lipinski definition) is 5. The standard InChI is InChI=1S/C15H13ClN4O2/c1-22-13-7-12(17)11(16)6-10(13)15-18-14(19-20-15)8-2-4-9(21)5-3-8/h2-7,21H,17H2,1H3,(H,18,19,20). The van der Waals surface area contributed by atoms with Crippen molar-refractivity contribution in [3.8, 4) is 34.3 Å². The van der Waals surface area contributed by atoms with Crippen LogP contribution in [0.3, 0.4) is 0 Å². The van der Waals surface area contributed by atoms with Crippen molar-refractivity contribution in [3.05, 3.63) is 41.4 Å². The fraction of sp³-hybridized carbons (Fsp3) is 0.0667. The number of aromatic nitrogens is 3. The number of halogens is 1. The van der Waals surface area contributed by atoms with Gasteiger partial charge in [-0.15, -0.1) is 0 Å². The Labute approximate surface area is 131 Å². The maximum atomic E-state index is 9.32. The number of nitrogens with two attached hydrogens (primary N) is 1. The number of nitrogen functional groups attached to an aromatic ring is 1. The zero-order chi connectivity index (χ0) is 15.7. The lowest BCUT2D eigenvalue weighted by molar-refractivity contribution is 0.416. The van der Waals surface area contributed by atoms with Crippen LogP contribution in [-0.4, -0.2) is 27.4 Å². The van der Waals surface area contributed by atoms with Gasteiger partial charge in [-0.3, -0.25) is 5.10 Å². The molecule has 7 heteroatoms. The van der Waals surface area contributed by atoms with Crippen LogP contribution in [0, 0.1) is 0 Å². The first-order valence-corrected chi connectivity index (χ1v) is 6.81. The number of anilines is 1. The highest BCUT2D eigenvalue weighted by molar-refractivity contribution is 6.33. The highest BCUT2D eigenvalue weighted by Crippen LogP contribution is 2.35. The van der Waals surface area contributed by atoms with Crippen molar-refractivity contribution in [1.29, 1.82) is 0 Å². The summed E-state index contributed by atoms with van der Waals surface area (Å²) in [6.07, 6.45) is 0. The minimum atomic E-state index is 0.187. The molecular formula is C15H13ClN4O2. The second-order valence-corrected chi connectivity index (χ2v) is 5.04. The molecule has 22 heavy (non-hydrogen) atoms. The van der Waals surface area contributed by atoms with E-state index in [2.05, 4.69) is 15.2 Å². The molecule has 3 aromatic rings. The Balaban J connectivity index is 2.04. The minimum absolute atomic E-state index is 0.187. The van der Waals surface area contributed by atoms with E-state index in [0.29, 0.717) is 33.7 Å². The molecule has 0 saturated carbocycles. The molecule has 0 fully saturated rings. The lowest BCUT2D eigenvalue weighted by Crippen LogP contribution is -1.94. The fourth-order valence-electron chi connectivity index (χ4n) is 2.04. The number of nitrogens with one attached hydrogen (secondary N) is 1. The predicted octanol–water partition coefficient (Wildman–Crippen LogP) is 3.09. The molecule has 1 heterocycles. The summed E-state index contributed by atoms with van der Waals surface area (Å²) in [5, 5.41) is 16.8. The Morgan fingerprint density at radius 1 is 1.23 bits per heavy atom. The van der Waals surface area contributed by atoms with Crippen molar-refractivity contribution in [1.82, 2.24) is 15.2 Å². The van der Waals surface area contributed by atoms with E-state index in [1.54, 1.807) is 43.5 Å². The van der Waals surface area contributed by atoms with Gasteiger partial charge >= 0.3 is 0 Å². The van der Waals surface area contributed by atoms with Crippen LogP contribution in [0.2, 0.25) is 5.02 Å². The van der Waals surface area contributed by atoms with E-state index in [4.69, 9.17) is 22.1 Å². The van der Waals surface area contributed by atoms with Crippen molar-refractivity contribution in [2.75, 3.05) is 12.8 Å². The number of aromatic amines is 1. The fourth-order valence-corrected chi connectivity index (χ4v) is 2.21. The van der Waals surface area contributed by atoms with Gasteiger partial charge in [-0.05, 0) is 30.3 Å². The van der Waals surface area contributed by atoms with Gasteiger partial charge < -0.3 is 15.6 Å². The normalized spacial score (nSPS) is 10.6. The molecule has 6 nitrogen and oxygen atoms in total. The highest BCUT2D eigenvalue weighted by Gasteiger charge is 2.14. The molecule has 4 N–H and O–H groups in total. The van der Waals surface area contributed by atoms with Crippen molar-refractivity contribution >= 4 is 17.3 Å². The molecule has 0 atom stereocenters. The summed E-state index contributed by atoms with van der Waals surface area (Å²) >= 11 is 6.06. The van der Waals surface area contributed by atoms with Gasteiger partial charge in [0.15, 0.2) is 11.6 Å². The molecule has 112 valence electrons. The van der Waals surface area contributed by atoms with Gasteiger partial charge in [-0.25, -0.2) is 4.98 Å². The van der Waals surface area contributed by atoms with Gasteiger partial charge in [0.25, 0.3) is 0 Å². The number of phenolic OH excluding ortho intramolecular Hbond substituents is 1. The molecule has 2 aromatic carbocycles. The highest BCUT2D eigenvalue weighted by atomic mass is 35.5. The Kier molecular flexibility index (Phi) is 3.60. The first kappa shape index (κ1) is 14.2. The topological polar surface area (TPSA) is 97.1 Å². The summed E-state index contributed by atoms with van der Waals surface area (Å²) < 4.78 is 5.31. The molecule has 0 amide bonds. The molecule has 0 aliphatic rings. The molecule has 0 saturated heterocycles. The monoisotopic (exact) mass is 316 g/mol. The number of ether oxygens (including phenoxy) is 1. The summed E-state index contributed by atoms with van der Waals surface area (Å²) in [7, 11) is 1.55. The largest absolute Gasteiger partial charge is 0.508 e. The number of methoxy groups -OCH3 is 1. The van der Waals surface area contributed by atoms with Crippen LogP contribution in [0.5, 0.6) is 11.5 Å². The van der Waals surface area contributed by atoms with Crippen LogP contribution in [0.15, 0.2) is 36.4 Å². The van der Waals surface area contributed by atoms with Gasteiger partial charge in [-0.2, -0.15) is 5.10 Å². The Hall–Kier alpha value is -2.73. The molecular weight excluding hydrogens is 304 g/mol. The number of phenols is 1. The van der Waals surface area contributed by atoms with E-state index in [0.717, 1.165) is 5.56 Å². The lowest BCUT2D eigenvalue weighted by atomic mass is 10.1. The Bertz CT molecular complexity index is 815. The zero-order valence-electron chi connectivity index (χ0n) is 11.7. The van der Waals surface area contributed by atoms with Crippen molar-refractivity contribution in [2.45, 2.75) is 0 Å². The van der Waals surface area contributed by atoms with E-state index in [9.17, 15) is 5.11 Å². The van der Waals surface area contributed by atoms with E-state index in [-0.39, 0.29) is 5.75 Å². The predicted molar refractivity (Wildman–Crippen MR) is 84.9 cm³/mol. The van der Waals surface area contributed by atoms with Gasteiger partial charge in [0.05, 0.1) is 23.4 Å². The maximum Gasteiger partial charge on any atom is 0.181 e. The van der Waals surface area contributed by atoms with Crippen molar-refractivity contribution < 1.29 is 9.84 Å². The summed E-state index contributed by atoms with van der Waals surface area (Å²) in [5.74, 6) is 1.76. The first-order chi connectivity index (χ1) is 10.6. The van der Waals surface area contributed by atoms with E-state index in [1.165, 1.54) is 0 Å². The van der Waals surface area contributed by atoms with E-state index in [1.807, 2.05) is 0 Å². The van der Waals surface area contributed by atoms with Gasteiger partial charge in [0.1, 0.15) is 11.5 Å². The maximum absolute atomic E-state index is 9.32. The molecule has 0 aliphatic heterocycles. The van der Waals surface area contributed by atoms with Crippen LogP contribution in [0.4, 0.5) is 5.69 Å². The zero-order valence-corrected chi connectivity index (χ0v) is 12.4. The smallest absolute Gasteiger partial charge is 0.181 e. The Morgan fingerprint density at radius 2 is 1.95 bits per heavy atom. The van der Waals surface area contributed by atoms with Crippen molar-refractivity contribution in [2.24, 2.45) is 0 Å². The summed E-state index contributed by atoms with van der Waals surface area (Å²) in [6, 6.07) is 9.93. The molecule has 0 spiro atoms. The third kappa shape index (κ3) is 2.56. The van der Waals surface area contributed by atoms with Crippen LogP contribution in [0.1, 0.15) is 0 Å². The molecule has 1 aromatic heterocycles. The molecule has 0 unspecified atom stereocenters. The van der Waals surface area contributed by atoms with Gasteiger partial charge in [-0.1, -0.05) is 11.6 Å².